The maximum absolute atomic E-state index is 10.7. The summed E-state index contributed by atoms with van der Waals surface area (Å²) in [6.07, 6.45) is 0. The third-order valence-electron chi connectivity index (χ3n) is 2.63. The first-order valence-electron chi connectivity index (χ1n) is 5.85. The van der Waals surface area contributed by atoms with E-state index in [1.165, 1.54) is 0 Å². The van der Waals surface area contributed by atoms with Crippen LogP contribution in [0.15, 0.2) is 48.5 Å². The summed E-state index contributed by atoms with van der Waals surface area (Å²) in [6, 6.07) is 15.2. The molecule has 0 bridgehead atoms. The predicted octanol–water partition coefficient (Wildman–Crippen LogP) is 2.23. The van der Waals surface area contributed by atoms with Crippen LogP contribution in [0.2, 0.25) is 0 Å². The molecule has 4 nitrogen and oxygen atoms in total. The summed E-state index contributed by atoms with van der Waals surface area (Å²) in [5.41, 5.74) is 6.98. The molecule has 0 aliphatic carbocycles. The lowest BCUT2D eigenvalue weighted by Crippen LogP contribution is -2.19. The van der Waals surface area contributed by atoms with Crippen molar-refractivity contribution in [2.24, 2.45) is 5.73 Å². The average Bonchev–Trinajstić information content (AvgIpc) is 2.45. The van der Waals surface area contributed by atoms with Gasteiger partial charge in [-0.3, -0.25) is 4.79 Å². The number of rotatable bonds is 5. The number of primary amides is 1. The van der Waals surface area contributed by atoms with E-state index in [-0.39, 0.29) is 6.61 Å². The molecular weight excluding hydrogens is 242 g/mol. The van der Waals surface area contributed by atoms with Gasteiger partial charge in [-0.1, -0.05) is 30.3 Å². The van der Waals surface area contributed by atoms with Gasteiger partial charge in [-0.15, -0.1) is 0 Å². The number of hydrogen-bond donors (Lipinski definition) is 1. The zero-order valence-electron chi connectivity index (χ0n) is 10.6. The second-order valence-corrected chi connectivity index (χ2v) is 3.98. The third-order valence-corrected chi connectivity index (χ3v) is 2.63. The van der Waals surface area contributed by atoms with E-state index in [1.807, 2.05) is 42.5 Å². The molecule has 0 unspecified atom stereocenters. The van der Waals surface area contributed by atoms with E-state index in [4.69, 9.17) is 15.2 Å². The average molecular weight is 257 g/mol. The molecule has 4 heteroatoms. The van der Waals surface area contributed by atoms with Gasteiger partial charge < -0.3 is 15.2 Å². The second kappa shape index (κ2) is 5.91. The zero-order valence-corrected chi connectivity index (χ0v) is 10.6. The minimum Gasteiger partial charge on any atom is -0.496 e. The third kappa shape index (κ3) is 3.25. The van der Waals surface area contributed by atoms with Crippen molar-refractivity contribution in [3.05, 3.63) is 48.5 Å². The van der Waals surface area contributed by atoms with Crippen LogP contribution in [0.4, 0.5) is 0 Å². The Kier molecular flexibility index (Phi) is 4.03. The predicted molar refractivity (Wildman–Crippen MR) is 73.1 cm³/mol. The Morgan fingerprint density at radius 1 is 1.16 bits per heavy atom. The summed E-state index contributed by atoms with van der Waals surface area (Å²) in [4.78, 5) is 10.7. The van der Waals surface area contributed by atoms with E-state index in [0.717, 1.165) is 16.9 Å². The smallest absolute Gasteiger partial charge is 0.255 e. The minimum absolute atomic E-state index is 0.130. The molecule has 98 valence electrons. The maximum Gasteiger partial charge on any atom is 0.255 e. The number of ether oxygens (including phenoxy) is 2. The van der Waals surface area contributed by atoms with Crippen LogP contribution in [0.3, 0.4) is 0 Å². The van der Waals surface area contributed by atoms with Gasteiger partial charge in [0.15, 0.2) is 6.61 Å². The number of carbonyl (C=O) groups excluding carboxylic acids is 1. The monoisotopic (exact) mass is 257 g/mol. The number of carbonyl (C=O) groups is 1. The summed E-state index contributed by atoms with van der Waals surface area (Å²) < 4.78 is 10.6. The highest BCUT2D eigenvalue weighted by Gasteiger charge is 2.06. The van der Waals surface area contributed by atoms with E-state index in [1.54, 1.807) is 13.2 Å². The lowest BCUT2D eigenvalue weighted by Gasteiger charge is -2.10. The Morgan fingerprint density at radius 3 is 2.68 bits per heavy atom. The van der Waals surface area contributed by atoms with E-state index < -0.39 is 5.91 Å². The number of para-hydroxylation sites is 1. The standard InChI is InChI=1S/C15H15NO3/c1-18-14-8-3-2-7-13(14)11-5-4-6-12(9-11)19-10-15(16)17/h2-9H,10H2,1H3,(H2,16,17). The lowest BCUT2D eigenvalue weighted by molar-refractivity contribution is -0.119. The highest BCUT2D eigenvalue weighted by molar-refractivity contribution is 5.75. The van der Waals surface area contributed by atoms with Crippen molar-refractivity contribution in [2.45, 2.75) is 0 Å². The molecule has 0 fully saturated rings. The van der Waals surface area contributed by atoms with Crippen LogP contribution in [0.5, 0.6) is 11.5 Å². The van der Waals surface area contributed by atoms with Crippen molar-refractivity contribution in [2.75, 3.05) is 13.7 Å². The summed E-state index contributed by atoms with van der Waals surface area (Å²) in [6.45, 7) is -0.130. The SMILES string of the molecule is COc1ccccc1-c1cccc(OCC(N)=O)c1. The van der Waals surface area contributed by atoms with Crippen LogP contribution in [0.1, 0.15) is 0 Å². The first-order chi connectivity index (χ1) is 9.20. The van der Waals surface area contributed by atoms with Crippen molar-refractivity contribution in [1.82, 2.24) is 0 Å². The van der Waals surface area contributed by atoms with Crippen LogP contribution in [-0.4, -0.2) is 19.6 Å². The highest BCUT2D eigenvalue weighted by atomic mass is 16.5. The van der Waals surface area contributed by atoms with Gasteiger partial charge in [0, 0.05) is 5.56 Å². The molecule has 2 aromatic rings. The largest absolute Gasteiger partial charge is 0.496 e. The van der Waals surface area contributed by atoms with Gasteiger partial charge >= 0.3 is 0 Å². The van der Waals surface area contributed by atoms with Crippen molar-refractivity contribution >= 4 is 5.91 Å². The molecule has 1 amide bonds. The summed E-state index contributed by atoms with van der Waals surface area (Å²) >= 11 is 0. The molecule has 2 aromatic carbocycles. The fraction of sp³-hybridized carbons (Fsp3) is 0.133. The summed E-state index contributed by atoms with van der Waals surface area (Å²) in [7, 11) is 1.63. The van der Waals surface area contributed by atoms with Gasteiger partial charge in [0.05, 0.1) is 7.11 Å². The number of amides is 1. The van der Waals surface area contributed by atoms with E-state index in [2.05, 4.69) is 0 Å². The molecule has 0 aliphatic rings. The van der Waals surface area contributed by atoms with Crippen molar-refractivity contribution in [3.63, 3.8) is 0 Å². The molecule has 0 heterocycles. The van der Waals surface area contributed by atoms with Crippen LogP contribution in [0.25, 0.3) is 11.1 Å². The zero-order chi connectivity index (χ0) is 13.7. The lowest BCUT2D eigenvalue weighted by atomic mass is 10.0. The molecular formula is C15H15NO3. The first kappa shape index (κ1) is 13.0. The number of methoxy groups -OCH3 is 1. The molecule has 2 rings (SSSR count). The van der Waals surface area contributed by atoms with Crippen LogP contribution in [0, 0.1) is 0 Å². The Labute approximate surface area is 111 Å². The van der Waals surface area contributed by atoms with Gasteiger partial charge in [0.25, 0.3) is 5.91 Å². The Morgan fingerprint density at radius 2 is 1.95 bits per heavy atom. The fourth-order valence-electron chi connectivity index (χ4n) is 1.79. The van der Waals surface area contributed by atoms with Crippen LogP contribution in [-0.2, 0) is 4.79 Å². The normalized spacial score (nSPS) is 9.95. The van der Waals surface area contributed by atoms with Gasteiger partial charge in [-0.25, -0.2) is 0 Å². The van der Waals surface area contributed by atoms with Crippen molar-refractivity contribution < 1.29 is 14.3 Å². The second-order valence-electron chi connectivity index (χ2n) is 3.98. The quantitative estimate of drug-likeness (QED) is 0.893. The minimum atomic E-state index is -0.498. The highest BCUT2D eigenvalue weighted by Crippen LogP contribution is 2.31. The van der Waals surface area contributed by atoms with Gasteiger partial charge in [-0.05, 0) is 23.8 Å². The topological polar surface area (TPSA) is 61.6 Å². The van der Waals surface area contributed by atoms with Gasteiger partial charge in [-0.2, -0.15) is 0 Å². The molecule has 0 saturated carbocycles. The van der Waals surface area contributed by atoms with Crippen LogP contribution >= 0.6 is 0 Å². The van der Waals surface area contributed by atoms with E-state index in [0.29, 0.717) is 5.75 Å². The molecule has 0 saturated heterocycles. The molecule has 19 heavy (non-hydrogen) atoms. The maximum atomic E-state index is 10.7. The molecule has 0 atom stereocenters. The van der Waals surface area contributed by atoms with Crippen LogP contribution < -0.4 is 15.2 Å². The van der Waals surface area contributed by atoms with Gasteiger partial charge in [0.2, 0.25) is 0 Å². The Hall–Kier alpha value is -2.49. The van der Waals surface area contributed by atoms with Gasteiger partial charge in [0.1, 0.15) is 11.5 Å². The fourth-order valence-corrected chi connectivity index (χ4v) is 1.79. The Balaban J connectivity index is 2.29. The molecule has 2 N–H and O–H groups in total. The van der Waals surface area contributed by atoms with Crippen molar-refractivity contribution in [3.8, 4) is 22.6 Å². The molecule has 0 spiro atoms. The number of hydrogen-bond acceptors (Lipinski definition) is 3. The molecule has 0 aliphatic heterocycles. The van der Waals surface area contributed by atoms with E-state index >= 15 is 0 Å². The number of benzene rings is 2. The first-order valence-corrected chi connectivity index (χ1v) is 5.85. The summed E-state index contributed by atoms with van der Waals surface area (Å²) in [5.74, 6) is 0.888. The molecule has 0 aromatic heterocycles. The Bertz CT molecular complexity index is 581. The molecule has 0 radical (unpaired) electrons. The van der Waals surface area contributed by atoms with E-state index in [9.17, 15) is 4.79 Å². The summed E-state index contributed by atoms with van der Waals surface area (Å²) in [5, 5.41) is 0. The number of nitrogens with two attached hydrogens (primary N) is 1. The van der Waals surface area contributed by atoms with Crippen molar-refractivity contribution in [1.29, 1.82) is 0 Å².